The van der Waals surface area contributed by atoms with E-state index in [9.17, 15) is 4.79 Å². The van der Waals surface area contributed by atoms with Gasteiger partial charge in [-0.15, -0.1) is 0 Å². The van der Waals surface area contributed by atoms with Crippen LogP contribution in [0.3, 0.4) is 0 Å². The Balaban J connectivity index is 1.87. The van der Waals surface area contributed by atoms with Crippen LogP contribution in [0.4, 0.5) is 11.4 Å². The maximum atomic E-state index is 12.5. The predicted octanol–water partition coefficient (Wildman–Crippen LogP) is 2.50. The first-order valence-corrected chi connectivity index (χ1v) is 7.57. The van der Waals surface area contributed by atoms with Crippen molar-refractivity contribution in [2.24, 2.45) is 0 Å². The number of carbonyl (C=O) groups is 1. The third-order valence-electron chi connectivity index (χ3n) is 3.69. The number of rotatable bonds is 4. The van der Waals surface area contributed by atoms with E-state index in [-0.39, 0.29) is 17.2 Å². The summed E-state index contributed by atoms with van der Waals surface area (Å²) in [5.74, 6) is -0.154. The van der Waals surface area contributed by atoms with Gasteiger partial charge < -0.3 is 15.6 Å². The van der Waals surface area contributed by atoms with E-state index < -0.39 is 5.91 Å². The number of nitrogens with zero attached hydrogens (tertiary/aromatic N) is 3. The van der Waals surface area contributed by atoms with E-state index in [1.54, 1.807) is 37.3 Å². The van der Waals surface area contributed by atoms with Crippen LogP contribution in [0.25, 0.3) is 0 Å². The number of hydrogen-bond donors (Lipinski definition) is 3. The quantitative estimate of drug-likeness (QED) is 0.489. The number of amides is 1. The fraction of sp³-hybridized carbons (Fsp3) is 0.0556. The number of hydrogen-bond acceptors (Lipinski definition) is 7. The minimum Gasteiger partial charge on any atom is -0.398 e. The summed E-state index contributed by atoms with van der Waals surface area (Å²) in [6.45, 7) is 1.71. The first-order chi connectivity index (χ1) is 12.5. The molecule has 1 amide bonds. The number of aryl methyl sites for hydroxylation is 1. The molecule has 3 rings (SSSR count). The van der Waals surface area contributed by atoms with Crippen molar-refractivity contribution in [1.82, 2.24) is 10.1 Å². The summed E-state index contributed by atoms with van der Waals surface area (Å²) in [6.07, 6.45) is 2.78. The van der Waals surface area contributed by atoms with Gasteiger partial charge in [-0.3, -0.25) is 10.2 Å². The van der Waals surface area contributed by atoms with Gasteiger partial charge in [-0.05, 0) is 36.8 Å². The maximum absolute atomic E-state index is 12.5. The molecule has 3 aromatic rings. The Labute approximate surface area is 148 Å². The summed E-state index contributed by atoms with van der Waals surface area (Å²) in [5.41, 5.74) is 8.42. The summed E-state index contributed by atoms with van der Waals surface area (Å²) in [4.78, 5) is 16.5. The van der Waals surface area contributed by atoms with Crippen LogP contribution < -0.4 is 11.1 Å². The van der Waals surface area contributed by atoms with E-state index in [2.05, 4.69) is 15.5 Å². The highest BCUT2D eigenvalue weighted by atomic mass is 16.5. The number of aromatic nitrogens is 2. The lowest BCUT2D eigenvalue weighted by atomic mass is 10.0. The van der Waals surface area contributed by atoms with Crippen LogP contribution >= 0.6 is 0 Å². The lowest BCUT2D eigenvalue weighted by molar-refractivity contribution is 0.102. The Kier molecular flexibility index (Phi) is 4.45. The molecule has 26 heavy (non-hydrogen) atoms. The van der Waals surface area contributed by atoms with Crippen LogP contribution in [0.15, 0.2) is 47.2 Å². The normalized spacial score (nSPS) is 10.2. The molecule has 0 fully saturated rings. The predicted molar refractivity (Wildman–Crippen MR) is 94.9 cm³/mol. The summed E-state index contributed by atoms with van der Waals surface area (Å²) in [7, 11) is 0. The van der Waals surface area contributed by atoms with E-state index in [4.69, 9.17) is 20.9 Å². The number of pyridine rings is 1. The van der Waals surface area contributed by atoms with E-state index >= 15 is 0 Å². The molecular weight excluding hydrogens is 332 g/mol. The number of carbonyl (C=O) groups excluding carboxylic acids is 1. The van der Waals surface area contributed by atoms with Crippen LogP contribution in [-0.4, -0.2) is 21.8 Å². The van der Waals surface area contributed by atoms with Crippen molar-refractivity contribution in [3.05, 3.63) is 70.9 Å². The number of benzene rings is 1. The zero-order chi connectivity index (χ0) is 18.7. The topological polar surface area (TPSA) is 142 Å². The molecule has 0 aliphatic rings. The third kappa shape index (κ3) is 3.27. The van der Waals surface area contributed by atoms with Crippen molar-refractivity contribution in [2.45, 2.75) is 6.92 Å². The summed E-state index contributed by atoms with van der Waals surface area (Å²) in [5, 5.41) is 23.4. The van der Waals surface area contributed by atoms with Gasteiger partial charge >= 0.3 is 0 Å². The molecule has 8 heteroatoms. The van der Waals surface area contributed by atoms with Crippen molar-refractivity contribution in [1.29, 1.82) is 10.7 Å². The largest absolute Gasteiger partial charge is 0.398 e. The van der Waals surface area contributed by atoms with Crippen molar-refractivity contribution < 1.29 is 9.32 Å². The molecule has 0 saturated carbocycles. The molecule has 0 bridgehead atoms. The zero-order valence-corrected chi connectivity index (χ0v) is 13.8. The maximum Gasteiger partial charge on any atom is 0.274 e. The molecule has 0 unspecified atom stereocenters. The van der Waals surface area contributed by atoms with Crippen LogP contribution in [0.2, 0.25) is 0 Å². The highest BCUT2D eigenvalue weighted by Crippen LogP contribution is 2.22. The van der Waals surface area contributed by atoms with Crippen LogP contribution in [0.1, 0.15) is 32.9 Å². The molecule has 4 N–H and O–H groups in total. The van der Waals surface area contributed by atoms with E-state index in [1.165, 1.54) is 12.4 Å². The molecule has 128 valence electrons. The van der Waals surface area contributed by atoms with Crippen LogP contribution in [0, 0.1) is 23.7 Å². The standard InChI is InChI=1S/C18H14N6O2/c1-10-6-11(8-19)9-22-17(10)18(25)24-12-2-3-14(20)13(7-12)16(21)15-4-5-23-26-15/h2-7,9,21H,20H2,1H3,(H,24,25). The molecule has 0 radical (unpaired) electrons. The Bertz CT molecular complexity index is 1030. The molecule has 8 nitrogen and oxygen atoms in total. The Morgan fingerprint density at radius 1 is 1.35 bits per heavy atom. The van der Waals surface area contributed by atoms with Crippen molar-refractivity contribution >= 4 is 23.0 Å². The lowest BCUT2D eigenvalue weighted by Crippen LogP contribution is -2.16. The second kappa shape index (κ2) is 6.86. The summed E-state index contributed by atoms with van der Waals surface area (Å²) in [6, 6.07) is 9.92. The second-order valence-electron chi connectivity index (χ2n) is 5.51. The van der Waals surface area contributed by atoms with E-state index in [0.717, 1.165) is 0 Å². The molecule has 0 aliphatic carbocycles. The third-order valence-corrected chi connectivity index (χ3v) is 3.69. The van der Waals surface area contributed by atoms with Gasteiger partial charge in [0.15, 0.2) is 5.76 Å². The minimum atomic E-state index is -0.422. The molecule has 2 aromatic heterocycles. The smallest absolute Gasteiger partial charge is 0.274 e. The van der Waals surface area contributed by atoms with E-state index in [1.807, 2.05) is 6.07 Å². The SMILES string of the molecule is Cc1cc(C#N)cnc1C(=O)Nc1ccc(N)c(C(=N)c2ccno2)c1. The molecule has 0 saturated heterocycles. The van der Waals surface area contributed by atoms with Gasteiger partial charge in [-0.25, -0.2) is 4.98 Å². The Morgan fingerprint density at radius 3 is 2.81 bits per heavy atom. The summed E-state index contributed by atoms with van der Waals surface area (Å²) >= 11 is 0. The highest BCUT2D eigenvalue weighted by Gasteiger charge is 2.15. The van der Waals surface area contributed by atoms with Gasteiger partial charge in [0.2, 0.25) is 0 Å². The molecule has 1 aromatic carbocycles. The fourth-order valence-corrected chi connectivity index (χ4v) is 2.39. The Morgan fingerprint density at radius 2 is 2.15 bits per heavy atom. The molecular formula is C18H14N6O2. The number of nitriles is 1. The summed E-state index contributed by atoms with van der Waals surface area (Å²) < 4.78 is 4.98. The van der Waals surface area contributed by atoms with Crippen molar-refractivity contribution in [3.63, 3.8) is 0 Å². The molecule has 0 aliphatic heterocycles. The van der Waals surface area contributed by atoms with Crippen molar-refractivity contribution in [2.75, 3.05) is 11.1 Å². The first-order valence-electron chi connectivity index (χ1n) is 7.57. The number of nitrogens with two attached hydrogens (primary N) is 1. The molecule has 2 heterocycles. The van der Waals surface area contributed by atoms with Gasteiger partial charge in [-0.2, -0.15) is 5.26 Å². The highest BCUT2D eigenvalue weighted by molar-refractivity contribution is 6.13. The number of anilines is 2. The van der Waals surface area contributed by atoms with Gasteiger partial charge in [0, 0.05) is 29.2 Å². The van der Waals surface area contributed by atoms with Gasteiger partial charge in [0.25, 0.3) is 5.91 Å². The van der Waals surface area contributed by atoms with Crippen LogP contribution in [0.5, 0.6) is 0 Å². The van der Waals surface area contributed by atoms with Crippen LogP contribution in [-0.2, 0) is 0 Å². The van der Waals surface area contributed by atoms with Gasteiger partial charge in [0.05, 0.1) is 11.8 Å². The second-order valence-corrected chi connectivity index (χ2v) is 5.51. The Hall–Kier alpha value is -3.99. The van der Waals surface area contributed by atoms with Gasteiger partial charge in [0.1, 0.15) is 17.5 Å². The first kappa shape index (κ1) is 16.9. The molecule has 0 spiro atoms. The van der Waals surface area contributed by atoms with E-state index in [0.29, 0.717) is 28.1 Å². The zero-order valence-electron chi connectivity index (χ0n) is 13.8. The number of nitrogen functional groups attached to an aromatic ring is 1. The monoisotopic (exact) mass is 346 g/mol. The lowest BCUT2D eigenvalue weighted by Gasteiger charge is -2.10. The minimum absolute atomic E-state index is 0.0591. The fourth-order valence-electron chi connectivity index (χ4n) is 2.39. The van der Waals surface area contributed by atoms with Crippen molar-refractivity contribution in [3.8, 4) is 6.07 Å². The molecule has 0 atom stereocenters. The average Bonchev–Trinajstić information content (AvgIpc) is 3.17. The number of nitrogens with one attached hydrogen (secondary N) is 2. The van der Waals surface area contributed by atoms with Gasteiger partial charge in [-0.1, -0.05) is 5.16 Å². The average molecular weight is 346 g/mol.